The van der Waals surface area contributed by atoms with Crippen LogP contribution >= 0.6 is 0 Å². The lowest BCUT2D eigenvalue weighted by Crippen LogP contribution is -3.15. The second-order valence-electron chi connectivity index (χ2n) is 7.81. The number of carbonyl (C=O) groups is 2. The molecule has 1 saturated heterocycles. The van der Waals surface area contributed by atoms with Gasteiger partial charge in [0.15, 0.2) is 18.0 Å². The van der Waals surface area contributed by atoms with Crippen molar-refractivity contribution < 1.29 is 24.0 Å². The molecule has 7 nitrogen and oxygen atoms in total. The molecule has 3 rings (SSSR count). The molecule has 7 heteroatoms. The zero-order chi connectivity index (χ0) is 19.4. The van der Waals surface area contributed by atoms with E-state index in [1.165, 1.54) is 0 Å². The first-order chi connectivity index (χ1) is 12.9. The number of amides is 2. The molecule has 2 amide bonds. The Balaban J connectivity index is 1.64. The molecule has 0 bridgehead atoms. The van der Waals surface area contributed by atoms with Crippen LogP contribution in [-0.4, -0.2) is 44.7 Å². The number of rotatable bonds is 6. The van der Waals surface area contributed by atoms with Gasteiger partial charge in [0.1, 0.15) is 13.2 Å². The van der Waals surface area contributed by atoms with Gasteiger partial charge in [-0.15, -0.1) is 0 Å². The number of quaternary nitrogens is 1. The molecule has 4 N–H and O–H groups in total. The van der Waals surface area contributed by atoms with Crippen LogP contribution in [0.15, 0.2) is 18.2 Å². The number of carbonyl (C=O) groups excluding carboxylic acids is 2. The third kappa shape index (κ3) is 4.91. The Morgan fingerprint density at radius 1 is 1.26 bits per heavy atom. The maximum atomic E-state index is 12.7. The predicted molar refractivity (Wildman–Crippen MR) is 101 cm³/mol. The Hall–Kier alpha value is -2.28. The minimum absolute atomic E-state index is 0.0105. The van der Waals surface area contributed by atoms with Crippen molar-refractivity contribution in [2.75, 3.05) is 32.8 Å². The molecule has 1 aromatic rings. The van der Waals surface area contributed by atoms with Gasteiger partial charge in [-0.1, -0.05) is 19.9 Å². The van der Waals surface area contributed by atoms with Crippen molar-refractivity contribution in [3.8, 4) is 11.5 Å². The number of fused-ring (bicyclic) bond motifs is 1. The molecule has 148 valence electrons. The van der Waals surface area contributed by atoms with Gasteiger partial charge in [0.2, 0.25) is 5.91 Å². The summed E-state index contributed by atoms with van der Waals surface area (Å²) in [6.45, 7) is 7.15. The molecule has 2 aliphatic rings. The smallest absolute Gasteiger partial charge is 0.275 e. The molecule has 27 heavy (non-hydrogen) atoms. The number of hydrogen-bond donors (Lipinski definition) is 3. The van der Waals surface area contributed by atoms with Crippen molar-refractivity contribution in [2.24, 2.45) is 17.6 Å². The lowest BCUT2D eigenvalue weighted by Gasteiger charge is -2.29. The second-order valence-corrected chi connectivity index (χ2v) is 7.81. The van der Waals surface area contributed by atoms with Gasteiger partial charge >= 0.3 is 0 Å². The summed E-state index contributed by atoms with van der Waals surface area (Å²) in [5, 5.41) is 3.16. The van der Waals surface area contributed by atoms with Gasteiger partial charge in [-0.3, -0.25) is 9.59 Å². The molecule has 3 atom stereocenters. The van der Waals surface area contributed by atoms with Crippen LogP contribution in [0.3, 0.4) is 0 Å². The van der Waals surface area contributed by atoms with Gasteiger partial charge in [-0.2, -0.15) is 0 Å². The highest BCUT2D eigenvalue weighted by atomic mass is 16.6. The van der Waals surface area contributed by atoms with Crippen molar-refractivity contribution >= 4 is 11.8 Å². The third-order valence-electron chi connectivity index (χ3n) is 5.34. The largest absolute Gasteiger partial charge is 0.486 e. The highest BCUT2D eigenvalue weighted by Gasteiger charge is 2.29. The number of benzene rings is 1. The molecule has 0 aliphatic carbocycles. The summed E-state index contributed by atoms with van der Waals surface area (Å²) in [5.74, 6) is 1.30. The number of piperidine rings is 1. The van der Waals surface area contributed by atoms with Crippen molar-refractivity contribution in [2.45, 2.75) is 32.7 Å². The van der Waals surface area contributed by atoms with Gasteiger partial charge < -0.3 is 25.4 Å². The monoisotopic (exact) mass is 376 g/mol. The number of ether oxygens (including phenoxy) is 2. The molecule has 1 unspecified atom stereocenters. The highest BCUT2D eigenvalue weighted by Crippen LogP contribution is 2.34. The molecule has 0 aromatic heterocycles. The zero-order valence-electron chi connectivity index (χ0n) is 16.1. The number of nitrogens with one attached hydrogen (secondary N) is 2. The van der Waals surface area contributed by atoms with Crippen molar-refractivity contribution in [1.29, 1.82) is 0 Å². The van der Waals surface area contributed by atoms with E-state index in [9.17, 15) is 9.59 Å². The molecule has 0 saturated carbocycles. The van der Waals surface area contributed by atoms with E-state index in [2.05, 4.69) is 19.2 Å². The summed E-state index contributed by atoms with van der Waals surface area (Å²) >= 11 is 0. The van der Waals surface area contributed by atoms with Crippen LogP contribution < -0.4 is 25.4 Å². The molecule has 0 spiro atoms. The first kappa shape index (κ1) is 19.5. The summed E-state index contributed by atoms with van der Waals surface area (Å²) in [4.78, 5) is 25.2. The molecule has 2 aliphatic heterocycles. The molecular formula is C20H30N3O4+. The van der Waals surface area contributed by atoms with Gasteiger partial charge in [-0.05, 0) is 36.5 Å². The highest BCUT2D eigenvalue weighted by molar-refractivity contribution is 5.78. The lowest BCUT2D eigenvalue weighted by atomic mass is 9.95. The Kier molecular flexibility index (Phi) is 6.21. The average molecular weight is 376 g/mol. The molecule has 1 fully saturated rings. The normalized spacial score (nSPS) is 22.9. The number of hydrogen-bond acceptors (Lipinski definition) is 4. The Morgan fingerprint density at radius 2 is 2.00 bits per heavy atom. The summed E-state index contributed by atoms with van der Waals surface area (Å²) in [5.41, 5.74) is 6.44. The number of primary amides is 1. The summed E-state index contributed by atoms with van der Waals surface area (Å²) in [6, 6.07) is 5.73. The predicted octanol–water partition coefficient (Wildman–Crippen LogP) is 0.0513. The molecular weight excluding hydrogens is 346 g/mol. The third-order valence-corrected chi connectivity index (χ3v) is 5.34. The van der Waals surface area contributed by atoms with Crippen molar-refractivity contribution in [3.05, 3.63) is 23.8 Å². The quantitative estimate of drug-likeness (QED) is 0.654. The summed E-state index contributed by atoms with van der Waals surface area (Å²) in [6.07, 6.45) is 1.75. The molecule has 2 heterocycles. The minimum atomic E-state index is -0.260. The van der Waals surface area contributed by atoms with Crippen molar-refractivity contribution in [3.63, 3.8) is 0 Å². The van der Waals surface area contributed by atoms with E-state index >= 15 is 0 Å². The van der Waals surface area contributed by atoms with E-state index in [1.807, 2.05) is 18.2 Å². The maximum absolute atomic E-state index is 12.7. The fraction of sp³-hybridized carbons (Fsp3) is 0.600. The van der Waals surface area contributed by atoms with Crippen LogP contribution in [0.2, 0.25) is 0 Å². The second kappa shape index (κ2) is 8.61. The van der Waals surface area contributed by atoms with E-state index in [4.69, 9.17) is 15.2 Å². The van der Waals surface area contributed by atoms with Crippen LogP contribution in [-0.2, 0) is 9.59 Å². The van der Waals surface area contributed by atoms with Gasteiger partial charge in [0, 0.05) is 0 Å². The average Bonchev–Trinajstić information content (AvgIpc) is 2.65. The number of likely N-dealkylation sites (tertiary alicyclic amines) is 1. The van der Waals surface area contributed by atoms with Gasteiger partial charge in [0.25, 0.3) is 5.91 Å². The SMILES string of the molecule is CC(C)[C@H](NC(=O)C[NH+]1CCC[C@H](C(N)=O)C1)c1ccc2c(c1)OCCO2. The molecule has 1 aromatic carbocycles. The maximum Gasteiger partial charge on any atom is 0.275 e. The van der Waals surface area contributed by atoms with E-state index in [0.717, 1.165) is 41.3 Å². The van der Waals surface area contributed by atoms with E-state index in [-0.39, 0.29) is 29.7 Å². The fourth-order valence-electron chi connectivity index (χ4n) is 3.89. The lowest BCUT2D eigenvalue weighted by molar-refractivity contribution is -0.899. The first-order valence-electron chi connectivity index (χ1n) is 9.76. The Morgan fingerprint density at radius 3 is 2.70 bits per heavy atom. The fourth-order valence-corrected chi connectivity index (χ4v) is 3.89. The van der Waals surface area contributed by atoms with E-state index in [1.54, 1.807) is 0 Å². The minimum Gasteiger partial charge on any atom is -0.486 e. The zero-order valence-corrected chi connectivity index (χ0v) is 16.1. The van der Waals surface area contributed by atoms with Gasteiger partial charge in [0.05, 0.1) is 25.0 Å². The van der Waals surface area contributed by atoms with Gasteiger partial charge in [-0.25, -0.2) is 0 Å². The topological polar surface area (TPSA) is 95.1 Å². The van der Waals surface area contributed by atoms with Crippen LogP contribution in [0.4, 0.5) is 0 Å². The van der Waals surface area contributed by atoms with E-state index < -0.39 is 0 Å². The Labute approximate surface area is 160 Å². The van der Waals surface area contributed by atoms with Crippen LogP contribution in [0.5, 0.6) is 11.5 Å². The standard InChI is InChI=1S/C20H29N3O4/c1-13(2)19(14-5-6-16-17(10-14)27-9-8-26-16)22-18(24)12-23-7-3-4-15(11-23)20(21)25/h5-6,10,13,15,19H,3-4,7-9,11-12H2,1-2H3,(H2,21,25)(H,22,24)/p+1/t15-,19-/m0/s1. The Bertz CT molecular complexity index is 692. The first-order valence-corrected chi connectivity index (χ1v) is 9.76. The van der Waals surface area contributed by atoms with Crippen LogP contribution in [0, 0.1) is 11.8 Å². The summed E-state index contributed by atoms with van der Waals surface area (Å²) in [7, 11) is 0. The van der Waals surface area contributed by atoms with Crippen LogP contribution in [0.25, 0.3) is 0 Å². The van der Waals surface area contributed by atoms with Crippen LogP contribution in [0.1, 0.15) is 38.3 Å². The van der Waals surface area contributed by atoms with Crippen molar-refractivity contribution in [1.82, 2.24) is 5.32 Å². The molecule has 0 radical (unpaired) electrons. The summed E-state index contributed by atoms with van der Waals surface area (Å²) < 4.78 is 11.2. The number of nitrogens with two attached hydrogens (primary N) is 1. The van der Waals surface area contributed by atoms with E-state index in [0.29, 0.717) is 26.3 Å².